The zero-order valence-electron chi connectivity index (χ0n) is 92.3. The van der Waals surface area contributed by atoms with E-state index < -0.39 is 78.2 Å². The Labute approximate surface area is 873 Å². The molecule has 0 heterocycles. The Balaban J connectivity index is 0.00000111. The lowest BCUT2D eigenvalue weighted by Gasteiger charge is -2.33. The molecule has 0 aliphatic heterocycles. The van der Waals surface area contributed by atoms with Gasteiger partial charge in [-0.15, -0.1) is 0 Å². The van der Waals surface area contributed by atoms with E-state index in [0.717, 1.165) is 36.0 Å². The molecule has 147 heavy (non-hydrogen) atoms. The predicted octanol–water partition coefficient (Wildman–Crippen LogP) is 11.4. The Morgan fingerprint density at radius 3 is 0.884 bits per heavy atom. The van der Waals surface area contributed by atoms with Crippen LogP contribution in [0, 0.1) is 35.5 Å². The van der Waals surface area contributed by atoms with Gasteiger partial charge in [0.25, 0.3) is 0 Å². The highest BCUT2D eigenvalue weighted by atomic mass is 16.6. The second-order valence-electron chi connectivity index (χ2n) is 41.1. The van der Waals surface area contributed by atoms with Crippen LogP contribution >= 0.6 is 0 Å². The molecule has 3 rings (SSSR count). The number of carbonyl (C=O) groups excluding carboxylic acids is 16. The quantitative estimate of drug-likeness (QED) is 0.0184. The zero-order chi connectivity index (χ0) is 111. The van der Waals surface area contributed by atoms with Crippen molar-refractivity contribution in [3.05, 3.63) is 89.5 Å². The third-order valence-corrected chi connectivity index (χ3v) is 24.7. The number of likely N-dealkylation sites (N-methyl/N-ethyl adjacent to an activating group) is 6. The highest BCUT2D eigenvalue weighted by Gasteiger charge is 2.35. The van der Waals surface area contributed by atoms with Gasteiger partial charge in [0, 0.05) is 189 Å². The van der Waals surface area contributed by atoms with E-state index in [4.69, 9.17) is 51.4 Å². The van der Waals surface area contributed by atoms with E-state index in [1.54, 1.807) is 115 Å². The molecular formula is C106H181N19O22. The molecule has 0 fully saturated rings. The fraction of sp³-hybridized carbons (Fsp3) is 0.679. The van der Waals surface area contributed by atoms with Crippen LogP contribution in [0.25, 0.3) is 0 Å². The summed E-state index contributed by atoms with van der Waals surface area (Å²) < 4.78 is 32.6. The van der Waals surface area contributed by atoms with Crippen molar-refractivity contribution in [2.75, 3.05) is 163 Å². The average molecular weight is 2070 g/mol. The van der Waals surface area contributed by atoms with Gasteiger partial charge in [-0.2, -0.15) is 0 Å². The molecule has 0 aromatic heterocycles. The highest BCUT2D eigenvalue weighted by molar-refractivity contribution is 6.00. The van der Waals surface area contributed by atoms with E-state index in [-0.39, 0.29) is 178 Å². The van der Waals surface area contributed by atoms with Gasteiger partial charge in [-0.3, -0.25) is 62.6 Å². The Morgan fingerprint density at radius 2 is 0.619 bits per heavy atom. The second-order valence-corrected chi connectivity index (χ2v) is 41.1. The number of hydrogen-bond donors (Lipinski definition) is 13. The summed E-state index contributed by atoms with van der Waals surface area (Å²) >= 11 is 0. The molecule has 17 N–H and O–H groups in total. The summed E-state index contributed by atoms with van der Waals surface area (Å²) in [6, 6.07) is 16.3. The molecule has 3 aromatic rings. The van der Waals surface area contributed by atoms with E-state index in [1.165, 1.54) is 14.7 Å². The minimum atomic E-state index is -0.821. The minimum Gasteiger partial charge on any atom is -0.445 e. The average Bonchev–Trinajstić information content (AvgIpc) is 0.862. The lowest BCUT2D eigenvalue weighted by atomic mass is 9.89. The van der Waals surface area contributed by atoms with Crippen molar-refractivity contribution < 1.29 is 105 Å². The largest absolute Gasteiger partial charge is 0.445 e. The molecule has 832 valence electrons. The predicted molar refractivity (Wildman–Crippen MR) is 570 cm³/mol. The number of urea groups is 3. The van der Waals surface area contributed by atoms with E-state index in [1.807, 2.05) is 55.8 Å². The van der Waals surface area contributed by atoms with Crippen molar-refractivity contribution in [1.29, 1.82) is 0 Å². The number of Topliss-reactive ketones (excluding diaryl/α,β-unsaturated/α-hetero) is 4. The van der Waals surface area contributed by atoms with Crippen molar-refractivity contribution in [2.45, 2.75) is 288 Å². The number of ketones is 4. The smallest absolute Gasteiger partial charge is 0.409 e. The Hall–Kier alpha value is -11.5. The second kappa shape index (κ2) is 72.8. The molecule has 0 radical (unpaired) electrons. The van der Waals surface area contributed by atoms with Gasteiger partial charge >= 0.3 is 36.4 Å². The summed E-state index contributed by atoms with van der Waals surface area (Å²) in [4.78, 5) is 212. The number of rotatable bonds is 68. The topological polar surface area (TPSA) is 560 Å². The monoisotopic (exact) mass is 2070 g/mol. The Kier molecular flexibility index (Phi) is 66.1. The lowest BCUT2D eigenvalue weighted by molar-refractivity contribution is -0.131. The Morgan fingerprint density at radius 1 is 0.340 bits per heavy atom. The molecule has 3 aromatic carbocycles. The van der Waals surface area contributed by atoms with Crippen molar-refractivity contribution in [2.24, 2.45) is 58.4 Å². The number of ether oxygens (including phenoxy) is 6. The first kappa shape index (κ1) is 134. The first-order chi connectivity index (χ1) is 69.0. The summed E-state index contributed by atoms with van der Waals surface area (Å²) in [7, 11) is 11.1. The van der Waals surface area contributed by atoms with Crippen molar-refractivity contribution in [3.8, 4) is 0 Å². The third-order valence-electron chi connectivity index (χ3n) is 24.7. The van der Waals surface area contributed by atoms with Gasteiger partial charge in [-0.05, 0) is 219 Å². The molecule has 0 saturated heterocycles. The number of carbonyl (C=O) groups is 16. The van der Waals surface area contributed by atoms with Gasteiger partial charge in [0.1, 0.15) is 25.6 Å². The van der Waals surface area contributed by atoms with Gasteiger partial charge in [-0.1, -0.05) is 98.2 Å². The fourth-order valence-electron chi connectivity index (χ4n) is 14.0. The maximum absolute atomic E-state index is 13.5. The maximum atomic E-state index is 13.5. The number of hydrogen-bond acceptors (Lipinski definition) is 26. The number of amides is 15. The molecule has 41 nitrogen and oxygen atoms in total. The van der Waals surface area contributed by atoms with Crippen LogP contribution in [0.2, 0.25) is 0 Å². The summed E-state index contributed by atoms with van der Waals surface area (Å²) in [5.74, 6) is -5.69. The number of primary amides is 3. The molecule has 0 spiro atoms. The molecule has 0 bridgehead atoms. The maximum Gasteiger partial charge on any atom is 0.409 e. The summed E-state index contributed by atoms with van der Waals surface area (Å²) in [5, 5.41) is 24.5. The van der Waals surface area contributed by atoms with Crippen LogP contribution in [0.3, 0.4) is 0 Å². The van der Waals surface area contributed by atoms with Crippen LogP contribution < -0.4 is 70.8 Å². The summed E-state index contributed by atoms with van der Waals surface area (Å²) in [6.45, 7) is 41.5. The molecule has 15 amide bonds. The first-order valence-electron chi connectivity index (χ1n) is 51.5. The van der Waals surface area contributed by atoms with Gasteiger partial charge in [0.05, 0.1) is 51.2 Å². The van der Waals surface area contributed by atoms with Crippen LogP contribution in [0.5, 0.6) is 0 Å². The van der Waals surface area contributed by atoms with E-state index in [9.17, 15) is 76.7 Å². The van der Waals surface area contributed by atoms with Crippen molar-refractivity contribution >= 4 is 112 Å². The number of nitrogens with zero attached hydrogens (tertiary/aromatic N) is 6. The molecule has 6 atom stereocenters. The summed E-state index contributed by atoms with van der Waals surface area (Å²) in [5.41, 5.74) is 24.7. The standard InChI is InChI=1S/C38H66N6O9.C34H59N7O6.C34H56N6O7/c1-9-20-50-22-24-52-25-23-51-21-16-33(46)42-34(28(2)3)32(45)26-30(11-10-17-40-36(39)48)35(47)41-31-14-12-29(13-15-31)27-53-37(49)43(7)18-19-44(8)38(4,5)6;1-24(2)30(39-29(43)13-9-8-10-18-35)28(42)22-26(12-11-19-37-32(36)45)31(44)38-27-16-14-25(15-17-27)23-47-33(46)40(6)20-21-41(7)34(3,4)5;1-9-27(41)16-17-29(43)38-30(23(2)3)28(42)21-25(11-10-18-36-32(35)45)31(44)37-26-14-12-24(13-15-26)22-47-33(46)39(7)19-20-40(8)34(4,5)6/h12-15,28,30,34H,9-11,16-27H2,1-8H3,(H,41,47)(H,42,46)(H3,39,40,48);14-17,24,26,30H,8-13,18-23,35H2,1-7H3,(H,38,44)(H,39,43)(H3,36,37,45);12-15,23,25,30H,9-11,16-22H2,1-8H3,(H,37,44)(H,38,43)(H3,35,36,45)/t30-,34+;26-,30+;25-,30+/m111/s1. The number of unbranched alkanes of at least 4 members (excludes halogenated alkanes) is 2. The van der Waals surface area contributed by atoms with Crippen LogP contribution in [0.15, 0.2) is 72.8 Å². The van der Waals surface area contributed by atoms with E-state index in [0.29, 0.717) is 147 Å². The van der Waals surface area contributed by atoms with E-state index >= 15 is 0 Å². The van der Waals surface area contributed by atoms with Gasteiger partial charge in [-0.25, -0.2) is 28.8 Å². The fourth-order valence-corrected chi connectivity index (χ4v) is 14.0. The van der Waals surface area contributed by atoms with Crippen LogP contribution in [-0.2, 0) is 96.2 Å². The molecule has 0 aliphatic rings. The zero-order valence-corrected chi connectivity index (χ0v) is 92.3. The first-order valence-corrected chi connectivity index (χ1v) is 51.5. The van der Waals surface area contributed by atoms with Crippen molar-refractivity contribution in [1.82, 2.24) is 61.3 Å². The lowest BCUT2D eigenvalue weighted by Crippen LogP contribution is -2.45. The highest BCUT2D eigenvalue weighted by Crippen LogP contribution is 2.26. The summed E-state index contributed by atoms with van der Waals surface area (Å²) in [6.07, 6.45) is 4.65. The number of nitrogens with one attached hydrogen (secondary N) is 9. The van der Waals surface area contributed by atoms with Gasteiger partial charge < -0.3 is 114 Å². The van der Waals surface area contributed by atoms with Crippen LogP contribution in [0.4, 0.5) is 45.8 Å². The number of benzene rings is 3. The molecule has 0 unspecified atom stereocenters. The third kappa shape index (κ3) is 61.2. The van der Waals surface area contributed by atoms with E-state index in [2.05, 4.69) is 125 Å². The van der Waals surface area contributed by atoms with Crippen molar-refractivity contribution in [3.63, 3.8) is 0 Å². The number of anilines is 3. The minimum absolute atomic E-state index is 0.00199. The van der Waals surface area contributed by atoms with Gasteiger partial charge in [0.15, 0.2) is 17.3 Å². The molecule has 0 aliphatic carbocycles. The number of nitrogens with two attached hydrogens (primary N) is 4. The Bertz CT molecular complexity index is 4450. The van der Waals surface area contributed by atoms with Crippen LogP contribution in [0.1, 0.15) is 250 Å². The molecule has 41 heteroatoms. The van der Waals surface area contributed by atoms with Crippen LogP contribution in [-0.4, -0.2) is 306 Å². The molecule has 0 saturated carbocycles. The SMILES string of the molecule is CC(C)[C@H](NC(=O)CCCCCN)C(=O)C[C@@H](CCCNC(N)=O)C(=O)Nc1ccc(COC(=O)N(C)CCN(C)C(C)(C)C)cc1.CCC(=O)CCC(=O)N[C@H](C(=O)C[C@@H](CCCNC(N)=O)C(=O)Nc1ccc(COC(=O)N(C)CCN(C)C(C)(C)C)cc1)C(C)C.CCCOCCOCCOCCC(=O)N[C@H](C(=O)C[C@@H](CCCNC(N)=O)C(=O)Nc1ccc(COC(=O)N(C)CCN(C)C(C)(C)C)cc1)C(C)C. The van der Waals surface area contributed by atoms with Gasteiger partial charge in [0.2, 0.25) is 35.4 Å². The molecular weight excluding hydrogens is 1890 g/mol. The normalized spacial score (nSPS) is 12.7.